The molecule has 194 valence electrons. The minimum absolute atomic E-state index is 0.648. The first kappa shape index (κ1) is 28.9. The number of halogens is 14. The van der Waals surface area contributed by atoms with E-state index in [0.717, 1.165) is 6.92 Å². The second-order valence-electron chi connectivity index (χ2n) is 6.36. The van der Waals surface area contributed by atoms with Gasteiger partial charge in [0.1, 0.15) is 0 Å². The van der Waals surface area contributed by atoms with Crippen LogP contribution in [0.4, 0.5) is 61.5 Å². The minimum Gasteiger partial charge on any atom is -0.351 e. The van der Waals surface area contributed by atoms with Gasteiger partial charge in [-0.05, 0) is 6.92 Å². The molecule has 0 saturated carbocycles. The van der Waals surface area contributed by atoms with Gasteiger partial charge in [-0.3, -0.25) is 9.59 Å². The monoisotopic (exact) mass is 524 g/mol. The molecule has 0 aromatic rings. The van der Waals surface area contributed by atoms with E-state index in [-0.39, 0.29) is 0 Å². The van der Waals surface area contributed by atoms with Crippen LogP contribution in [0.5, 0.6) is 0 Å². The van der Waals surface area contributed by atoms with E-state index in [9.17, 15) is 71.1 Å². The highest BCUT2D eigenvalue weighted by Crippen LogP contribution is 2.47. The average Bonchev–Trinajstić information content (AvgIpc) is 2.61. The topological polar surface area (TPSA) is 76.7 Å². The Hall–Kier alpha value is -2.12. The fourth-order valence-electron chi connectivity index (χ4n) is 2.00. The number of carbonyl (C=O) groups excluding carboxylic acids is 2. The van der Waals surface area contributed by atoms with Gasteiger partial charge in [-0.25, -0.2) is 0 Å². The molecule has 2 N–H and O–H groups in total. The lowest BCUT2D eigenvalue weighted by atomic mass is 10.1. The van der Waals surface area contributed by atoms with Crippen molar-refractivity contribution in [1.82, 2.24) is 10.6 Å². The van der Waals surface area contributed by atoms with Gasteiger partial charge in [0.25, 0.3) is 11.8 Å². The van der Waals surface area contributed by atoms with Gasteiger partial charge < -0.3 is 20.1 Å². The van der Waals surface area contributed by atoms with E-state index in [1.54, 1.807) is 0 Å². The van der Waals surface area contributed by atoms with Crippen LogP contribution in [-0.4, -0.2) is 73.0 Å². The van der Waals surface area contributed by atoms with Gasteiger partial charge in [-0.15, -0.1) is 0 Å². The Balaban J connectivity index is 3.14. The van der Waals surface area contributed by atoms with Crippen molar-refractivity contribution in [2.75, 3.05) is 6.61 Å². The lowest BCUT2D eigenvalue weighted by Crippen LogP contribution is -2.67. The Morgan fingerprint density at radius 1 is 0.667 bits per heavy atom. The second kappa shape index (κ2) is 8.58. The first-order chi connectivity index (χ1) is 14.4. The molecule has 0 aromatic carbocycles. The molecule has 3 unspecified atom stereocenters. The number of hydrogen-bond acceptors (Lipinski definition) is 4. The SMILES string of the molecule is CC1COC(NC(=O)C(F)(F)C(F)(F)C(F)(F)F)C(NC(=O)C(F)(F)C(F)(F)C(F)(F)F)O1. The zero-order valence-corrected chi connectivity index (χ0v) is 15.4. The highest BCUT2D eigenvalue weighted by Gasteiger charge is 2.77. The van der Waals surface area contributed by atoms with Crippen LogP contribution in [0.3, 0.4) is 0 Å². The summed E-state index contributed by atoms with van der Waals surface area (Å²) in [6.45, 7) is 0.139. The predicted octanol–water partition coefficient (Wildman–Crippen LogP) is 2.97. The van der Waals surface area contributed by atoms with Crippen molar-refractivity contribution in [3.63, 3.8) is 0 Å². The van der Waals surface area contributed by atoms with Crippen LogP contribution in [-0.2, 0) is 19.1 Å². The van der Waals surface area contributed by atoms with E-state index >= 15 is 0 Å². The van der Waals surface area contributed by atoms with Crippen LogP contribution < -0.4 is 10.6 Å². The molecular weight excluding hydrogens is 514 g/mol. The van der Waals surface area contributed by atoms with E-state index in [0.29, 0.717) is 10.6 Å². The molecule has 1 aliphatic rings. The van der Waals surface area contributed by atoms with Crippen molar-refractivity contribution in [3.05, 3.63) is 0 Å². The van der Waals surface area contributed by atoms with Gasteiger partial charge in [-0.2, -0.15) is 61.5 Å². The quantitative estimate of drug-likeness (QED) is 0.525. The molecule has 0 radical (unpaired) electrons. The Labute approximate surface area is 172 Å². The molecule has 3 atom stereocenters. The van der Waals surface area contributed by atoms with Crippen LogP contribution in [0, 0.1) is 0 Å². The summed E-state index contributed by atoms with van der Waals surface area (Å²) in [4.78, 5) is 22.7. The Kier molecular flexibility index (Phi) is 7.52. The lowest BCUT2D eigenvalue weighted by molar-refractivity contribution is -0.345. The number of carbonyl (C=O) groups is 2. The third-order valence-corrected chi connectivity index (χ3v) is 3.78. The Morgan fingerprint density at radius 3 is 1.33 bits per heavy atom. The highest BCUT2D eigenvalue weighted by molar-refractivity contribution is 5.86. The van der Waals surface area contributed by atoms with E-state index in [2.05, 4.69) is 9.47 Å². The van der Waals surface area contributed by atoms with Crippen LogP contribution in [0.2, 0.25) is 0 Å². The summed E-state index contributed by atoms with van der Waals surface area (Å²) in [6.07, 6.45) is -20.9. The third kappa shape index (κ3) is 5.19. The molecule has 0 spiro atoms. The number of amides is 2. The molecule has 0 aromatic heterocycles. The minimum atomic E-state index is -6.98. The Morgan fingerprint density at radius 2 is 1.00 bits per heavy atom. The maximum atomic E-state index is 13.4. The van der Waals surface area contributed by atoms with Gasteiger partial charge >= 0.3 is 36.0 Å². The van der Waals surface area contributed by atoms with Crippen LogP contribution in [0.1, 0.15) is 6.92 Å². The van der Waals surface area contributed by atoms with Crippen molar-refractivity contribution in [3.8, 4) is 0 Å². The molecule has 20 heteroatoms. The van der Waals surface area contributed by atoms with E-state index < -0.39 is 73.0 Å². The largest absolute Gasteiger partial charge is 0.460 e. The number of hydrogen-bond donors (Lipinski definition) is 2. The summed E-state index contributed by atoms with van der Waals surface area (Å²) >= 11 is 0. The number of alkyl halides is 14. The van der Waals surface area contributed by atoms with Gasteiger partial charge in [0.2, 0.25) is 0 Å². The summed E-state index contributed by atoms with van der Waals surface area (Å²) < 4.78 is 187. The average molecular weight is 524 g/mol. The second-order valence-corrected chi connectivity index (χ2v) is 6.36. The summed E-state index contributed by atoms with van der Waals surface area (Å²) in [5.74, 6) is -34.0. The summed E-state index contributed by atoms with van der Waals surface area (Å²) in [7, 11) is 0. The number of rotatable bonds is 6. The first-order valence-corrected chi connectivity index (χ1v) is 7.95. The molecule has 0 aliphatic carbocycles. The zero-order chi connectivity index (χ0) is 26.4. The number of nitrogens with one attached hydrogen (secondary N) is 2. The summed E-state index contributed by atoms with van der Waals surface area (Å²) in [6, 6.07) is 0. The molecule has 1 heterocycles. The highest BCUT2D eigenvalue weighted by atomic mass is 19.4. The summed E-state index contributed by atoms with van der Waals surface area (Å²) in [5.41, 5.74) is 0. The molecule has 1 rings (SSSR count). The fourth-order valence-corrected chi connectivity index (χ4v) is 2.00. The molecule has 33 heavy (non-hydrogen) atoms. The summed E-state index contributed by atoms with van der Waals surface area (Å²) in [5, 5.41) is 1.31. The van der Waals surface area contributed by atoms with Gasteiger partial charge in [0.15, 0.2) is 12.5 Å². The molecular formula is C13H10F14N2O4. The van der Waals surface area contributed by atoms with Crippen LogP contribution in [0.15, 0.2) is 0 Å². The van der Waals surface area contributed by atoms with E-state index in [1.165, 1.54) is 0 Å². The van der Waals surface area contributed by atoms with Crippen molar-refractivity contribution in [1.29, 1.82) is 0 Å². The maximum absolute atomic E-state index is 13.4. The predicted molar refractivity (Wildman–Crippen MR) is 72.3 cm³/mol. The van der Waals surface area contributed by atoms with Crippen molar-refractivity contribution < 1.29 is 80.5 Å². The van der Waals surface area contributed by atoms with Crippen molar-refractivity contribution in [2.45, 2.75) is 61.5 Å². The van der Waals surface area contributed by atoms with E-state index in [1.807, 2.05) is 0 Å². The van der Waals surface area contributed by atoms with E-state index in [4.69, 9.17) is 0 Å². The molecule has 1 aliphatic heterocycles. The normalized spacial score (nSPS) is 23.8. The lowest BCUT2D eigenvalue weighted by Gasteiger charge is -2.38. The standard InChI is InChI=1S/C13H10F14N2O4/c1-3-2-32-4(28-6(30)8(14,15)10(18,19)12(22,23)24)5(33-3)29-7(31)9(16,17)11(20,21)13(25,26)27/h3-5H,2H2,1H3,(H,28,30)(H,29,31). The third-order valence-electron chi connectivity index (χ3n) is 3.78. The number of ether oxygens (including phenoxy) is 2. The Bertz CT molecular complexity index is 750. The van der Waals surface area contributed by atoms with Crippen LogP contribution in [0.25, 0.3) is 0 Å². The van der Waals surface area contributed by atoms with Gasteiger partial charge in [-0.1, -0.05) is 0 Å². The van der Waals surface area contributed by atoms with Crippen molar-refractivity contribution >= 4 is 11.8 Å². The molecule has 2 amide bonds. The van der Waals surface area contributed by atoms with Gasteiger partial charge in [0, 0.05) is 0 Å². The molecule has 6 nitrogen and oxygen atoms in total. The van der Waals surface area contributed by atoms with Crippen molar-refractivity contribution in [2.24, 2.45) is 0 Å². The van der Waals surface area contributed by atoms with Crippen LogP contribution >= 0.6 is 0 Å². The molecule has 0 bridgehead atoms. The molecule has 1 saturated heterocycles. The zero-order valence-electron chi connectivity index (χ0n) is 15.4. The van der Waals surface area contributed by atoms with Gasteiger partial charge in [0.05, 0.1) is 12.7 Å². The maximum Gasteiger partial charge on any atom is 0.460 e. The smallest absolute Gasteiger partial charge is 0.351 e. The fraction of sp³-hybridized carbons (Fsp3) is 0.846. The molecule has 1 fully saturated rings. The first-order valence-electron chi connectivity index (χ1n) is 7.95.